The van der Waals surface area contributed by atoms with Crippen molar-refractivity contribution >= 4 is 45.6 Å². The van der Waals surface area contributed by atoms with Crippen LogP contribution in [0.2, 0.25) is 10.0 Å². The van der Waals surface area contributed by atoms with Gasteiger partial charge in [0.05, 0.1) is 23.4 Å². The minimum absolute atomic E-state index is 0.0270. The molecule has 1 saturated heterocycles. The van der Waals surface area contributed by atoms with Crippen molar-refractivity contribution in [3.05, 3.63) is 69.5 Å². The summed E-state index contributed by atoms with van der Waals surface area (Å²) in [5.74, 6) is -0.0841. The van der Waals surface area contributed by atoms with Gasteiger partial charge in [0.2, 0.25) is 0 Å². The lowest BCUT2D eigenvalue weighted by molar-refractivity contribution is 0.0917. The summed E-state index contributed by atoms with van der Waals surface area (Å²) >= 11 is 13.7. The highest BCUT2D eigenvalue weighted by molar-refractivity contribution is 7.14. The lowest BCUT2D eigenvalue weighted by Gasteiger charge is -2.23. The minimum atomic E-state index is -0.0841. The van der Waals surface area contributed by atoms with Gasteiger partial charge in [0.1, 0.15) is 0 Å². The molecule has 0 bridgehead atoms. The molecule has 7 heteroatoms. The van der Waals surface area contributed by atoms with Gasteiger partial charge < -0.3 is 4.74 Å². The lowest BCUT2D eigenvalue weighted by atomic mass is 10.1. The maximum Gasteiger partial charge on any atom is 0.260 e. The molecule has 2 aromatic carbocycles. The fourth-order valence-electron chi connectivity index (χ4n) is 3.19. The van der Waals surface area contributed by atoms with Crippen LogP contribution in [0.25, 0.3) is 11.3 Å². The third-order valence-electron chi connectivity index (χ3n) is 4.61. The smallest absolute Gasteiger partial charge is 0.260 e. The predicted molar refractivity (Wildman–Crippen MR) is 115 cm³/mol. The molecule has 0 N–H and O–H groups in total. The molecular weight excluding hydrogens is 415 g/mol. The van der Waals surface area contributed by atoms with Gasteiger partial charge in [-0.25, -0.2) is 4.98 Å². The highest BCUT2D eigenvalue weighted by atomic mass is 35.5. The SMILES string of the molecule is O=C(c1ccccc1)N(C[C@@H]1CCCO1)c1nc(-c2ccc(Cl)cc2Cl)cs1. The van der Waals surface area contributed by atoms with Crippen molar-refractivity contribution in [2.75, 3.05) is 18.1 Å². The molecule has 1 aliphatic rings. The second-order valence-corrected chi connectivity index (χ2v) is 8.24. The number of thiazole rings is 1. The van der Waals surface area contributed by atoms with Crippen molar-refractivity contribution in [3.8, 4) is 11.3 Å². The van der Waals surface area contributed by atoms with Crippen LogP contribution in [0, 0.1) is 0 Å². The van der Waals surface area contributed by atoms with Gasteiger partial charge in [0, 0.05) is 28.1 Å². The molecule has 1 aliphatic heterocycles. The maximum atomic E-state index is 13.2. The Labute approximate surface area is 177 Å². The Morgan fingerprint density at radius 1 is 1.21 bits per heavy atom. The van der Waals surface area contributed by atoms with E-state index < -0.39 is 0 Å². The summed E-state index contributed by atoms with van der Waals surface area (Å²) in [6, 6.07) is 14.6. The van der Waals surface area contributed by atoms with Gasteiger partial charge in [-0.3, -0.25) is 9.69 Å². The Morgan fingerprint density at radius 3 is 2.75 bits per heavy atom. The summed E-state index contributed by atoms with van der Waals surface area (Å²) in [4.78, 5) is 19.6. The standard InChI is InChI=1S/C21H18Cl2N2O2S/c22-15-8-9-17(18(23)11-15)19-13-28-21(24-19)25(12-16-7-4-10-27-16)20(26)14-5-2-1-3-6-14/h1-3,5-6,8-9,11,13,16H,4,7,10,12H2/t16-/m0/s1. The van der Waals surface area contributed by atoms with Gasteiger partial charge in [-0.2, -0.15) is 0 Å². The van der Waals surface area contributed by atoms with Crippen LogP contribution < -0.4 is 4.90 Å². The number of amides is 1. The zero-order valence-electron chi connectivity index (χ0n) is 15.0. The van der Waals surface area contributed by atoms with Crippen molar-refractivity contribution in [2.45, 2.75) is 18.9 Å². The number of carbonyl (C=O) groups is 1. The molecule has 2 heterocycles. The van der Waals surface area contributed by atoms with Crippen molar-refractivity contribution in [1.29, 1.82) is 0 Å². The Kier molecular flexibility index (Phi) is 5.97. The number of benzene rings is 2. The van der Waals surface area contributed by atoms with Crippen LogP contribution in [0.5, 0.6) is 0 Å². The van der Waals surface area contributed by atoms with Gasteiger partial charge in [0.25, 0.3) is 5.91 Å². The number of halogens is 2. The Bertz CT molecular complexity index is 972. The number of anilines is 1. The highest BCUT2D eigenvalue weighted by Gasteiger charge is 2.27. The Morgan fingerprint density at radius 2 is 2.04 bits per heavy atom. The molecule has 28 heavy (non-hydrogen) atoms. The molecule has 3 aromatic rings. The molecule has 1 fully saturated rings. The van der Waals surface area contributed by atoms with Crippen molar-refractivity contribution in [2.24, 2.45) is 0 Å². The van der Waals surface area contributed by atoms with E-state index in [0.717, 1.165) is 30.7 Å². The van der Waals surface area contributed by atoms with E-state index in [1.54, 1.807) is 17.0 Å². The largest absolute Gasteiger partial charge is 0.376 e. The van der Waals surface area contributed by atoms with Crippen molar-refractivity contribution < 1.29 is 9.53 Å². The molecule has 0 spiro atoms. The fraction of sp³-hybridized carbons (Fsp3) is 0.238. The van der Waals surface area contributed by atoms with Gasteiger partial charge in [-0.15, -0.1) is 11.3 Å². The quantitative estimate of drug-likeness (QED) is 0.500. The maximum absolute atomic E-state index is 13.2. The van der Waals surface area contributed by atoms with Gasteiger partial charge in [-0.05, 0) is 43.2 Å². The molecule has 0 radical (unpaired) electrons. The first-order chi connectivity index (χ1) is 13.6. The lowest BCUT2D eigenvalue weighted by Crippen LogP contribution is -2.37. The summed E-state index contributed by atoms with van der Waals surface area (Å²) < 4.78 is 5.76. The first-order valence-corrected chi connectivity index (χ1v) is 10.6. The third-order valence-corrected chi connectivity index (χ3v) is 6.02. The number of nitrogens with zero attached hydrogens (tertiary/aromatic N) is 2. The average molecular weight is 433 g/mol. The number of ether oxygens (including phenoxy) is 1. The number of aromatic nitrogens is 1. The fourth-order valence-corrected chi connectivity index (χ4v) is 4.52. The van der Waals surface area contributed by atoms with Crippen LogP contribution in [0.3, 0.4) is 0 Å². The van der Waals surface area contributed by atoms with Crippen LogP contribution in [-0.2, 0) is 4.74 Å². The summed E-state index contributed by atoms with van der Waals surface area (Å²) in [7, 11) is 0. The van der Waals surface area contributed by atoms with E-state index in [9.17, 15) is 4.79 Å². The molecule has 0 aliphatic carbocycles. The van der Waals surface area contributed by atoms with E-state index in [1.165, 1.54) is 11.3 Å². The van der Waals surface area contributed by atoms with Crippen LogP contribution in [0.1, 0.15) is 23.2 Å². The monoisotopic (exact) mass is 432 g/mol. The second-order valence-electron chi connectivity index (χ2n) is 6.56. The first kappa shape index (κ1) is 19.4. The Hall–Kier alpha value is -1.92. The van der Waals surface area contributed by atoms with Crippen molar-refractivity contribution in [1.82, 2.24) is 4.98 Å². The van der Waals surface area contributed by atoms with Gasteiger partial charge in [0.15, 0.2) is 5.13 Å². The van der Waals surface area contributed by atoms with Gasteiger partial charge >= 0.3 is 0 Å². The number of hydrogen-bond acceptors (Lipinski definition) is 4. The van der Waals surface area contributed by atoms with Crippen molar-refractivity contribution in [3.63, 3.8) is 0 Å². The number of rotatable bonds is 5. The zero-order chi connectivity index (χ0) is 19.5. The van der Waals surface area contributed by atoms with Crippen LogP contribution in [0.15, 0.2) is 53.9 Å². The van der Waals surface area contributed by atoms with Crippen LogP contribution >= 0.6 is 34.5 Å². The first-order valence-electron chi connectivity index (χ1n) is 9.01. The van der Waals surface area contributed by atoms with Crippen LogP contribution in [-0.4, -0.2) is 30.1 Å². The second kappa shape index (κ2) is 8.62. The number of hydrogen-bond donors (Lipinski definition) is 0. The highest BCUT2D eigenvalue weighted by Crippen LogP contribution is 2.34. The normalized spacial score (nSPS) is 16.3. The molecule has 1 atom stereocenters. The summed E-state index contributed by atoms with van der Waals surface area (Å²) in [6.45, 7) is 1.22. The molecule has 4 rings (SSSR count). The molecule has 4 nitrogen and oxygen atoms in total. The summed E-state index contributed by atoms with van der Waals surface area (Å²) in [5.41, 5.74) is 2.14. The topological polar surface area (TPSA) is 42.4 Å². The molecule has 1 aromatic heterocycles. The molecule has 1 amide bonds. The van der Waals surface area contributed by atoms with E-state index in [0.29, 0.717) is 27.3 Å². The van der Waals surface area contributed by atoms with E-state index in [2.05, 4.69) is 0 Å². The zero-order valence-corrected chi connectivity index (χ0v) is 17.3. The van der Waals surface area contributed by atoms with E-state index >= 15 is 0 Å². The van der Waals surface area contributed by atoms with Crippen LogP contribution in [0.4, 0.5) is 5.13 Å². The van der Waals surface area contributed by atoms with Gasteiger partial charge in [-0.1, -0.05) is 41.4 Å². The predicted octanol–water partition coefficient (Wildman–Crippen LogP) is 5.94. The Balaban J connectivity index is 1.66. The summed E-state index contributed by atoms with van der Waals surface area (Å²) in [5, 5.41) is 3.64. The molecule has 144 valence electrons. The van der Waals surface area contributed by atoms with E-state index in [4.69, 9.17) is 32.9 Å². The third kappa shape index (κ3) is 4.23. The number of carbonyl (C=O) groups excluding carboxylic acids is 1. The summed E-state index contributed by atoms with van der Waals surface area (Å²) in [6.07, 6.45) is 1.99. The van der Waals surface area contributed by atoms with E-state index in [-0.39, 0.29) is 12.0 Å². The van der Waals surface area contributed by atoms with E-state index in [1.807, 2.05) is 41.8 Å². The molecule has 0 unspecified atom stereocenters. The molecular formula is C21H18Cl2N2O2S. The molecule has 0 saturated carbocycles. The average Bonchev–Trinajstić information content (AvgIpc) is 3.38. The minimum Gasteiger partial charge on any atom is -0.376 e.